The Balaban J connectivity index is 1.52. The molecular formula is C26H23NO4. The van der Waals surface area contributed by atoms with Gasteiger partial charge < -0.3 is 9.47 Å². The number of benzene rings is 3. The Hall–Kier alpha value is -3.44. The first kappa shape index (κ1) is 19.5. The Morgan fingerprint density at radius 2 is 1.55 bits per heavy atom. The molecule has 1 aliphatic heterocycles. The van der Waals surface area contributed by atoms with Gasteiger partial charge in [0.15, 0.2) is 5.78 Å². The van der Waals surface area contributed by atoms with Crippen molar-refractivity contribution in [3.63, 3.8) is 0 Å². The van der Waals surface area contributed by atoms with Gasteiger partial charge in [-0.25, -0.2) is 0 Å². The van der Waals surface area contributed by atoms with Crippen LogP contribution in [0.25, 0.3) is 0 Å². The van der Waals surface area contributed by atoms with Gasteiger partial charge in [-0.15, -0.1) is 0 Å². The van der Waals surface area contributed by atoms with E-state index >= 15 is 0 Å². The van der Waals surface area contributed by atoms with E-state index in [1.165, 1.54) is 25.3 Å². The first-order valence-corrected chi connectivity index (χ1v) is 10.4. The predicted octanol–water partition coefficient (Wildman–Crippen LogP) is 4.04. The van der Waals surface area contributed by atoms with Crippen LogP contribution in [0, 0.1) is 0 Å². The molecule has 3 aromatic carbocycles. The Kier molecular flexibility index (Phi) is 4.83. The van der Waals surface area contributed by atoms with E-state index in [4.69, 9.17) is 9.47 Å². The fraction of sp³-hybridized carbons (Fsp3) is 0.231. The van der Waals surface area contributed by atoms with Crippen molar-refractivity contribution in [3.8, 4) is 11.5 Å². The van der Waals surface area contributed by atoms with Crippen LogP contribution in [0.15, 0.2) is 54.6 Å². The molecule has 0 aromatic heterocycles. The minimum absolute atomic E-state index is 0.173. The van der Waals surface area contributed by atoms with Crippen molar-refractivity contribution < 1.29 is 19.1 Å². The van der Waals surface area contributed by atoms with Gasteiger partial charge >= 0.3 is 0 Å². The highest BCUT2D eigenvalue weighted by Gasteiger charge is 2.35. The van der Waals surface area contributed by atoms with Gasteiger partial charge in [-0.1, -0.05) is 36.4 Å². The molecule has 0 saturated heterocycles. The number of rotatable bonds is 4. The standard InChI is InChI=1S/C26H23NO4/c1-30-21-9-5-8-19-23(21)26(29)24-20(25(19)28)12-16(13-22(24)31-2)14-27-11-10-17-6-3-4-7-18(17)15-27/h3-9,12-13H,10-11,14-15H2,1-2H3. The zero-order valence-corrected chi connectivity index (χ0v) is 17.6. The lowest BCUT2D eigenvalue weighted by molar-refractivity contribution is 0.0973. The summed E-state index contributed by atoms with van der Waals surface area (Å²) < 4.78 is 10.9. The lowest BCUT2D eigenvalue weighted by atomic mass is 9.82. The van der Waals surface area contributed by atoms with Crippen LogP contribution in [0.2, 0.25) is 0 Å². The summed E-state index contributed by atoms with van der Waals surface area (Å²) in [6.07, 6.45) is 1.00. The molecular weight excluding hydrogens is 390 g/mol. The van der Waals surface area contributed by atoms with Crippen LogP contribution in [0.3, 0.4) is 0 Å². The van der Waals surface area contributed by atoms with E-state index in [0.717, 1.165) is 25.1 Å². The van der Waals surface area contributed by atoms with E-state index in [2.05, 4.69) is 29.2 Å². The molecule has 0 bridgehead atoms. The molecule has 156 valence electrons. The summed E-state index contributed by atoms with van der Waals surface area (Å²) in [4.78, 5) is 29.0. The molecule has 3 aromatic rings. The number of ketones is 2. The third kappa shape index (κ3) is 3.22. The van der Waals surface area contributed by atoms with Gasteiger partial charge in [0.25, 0.3) is 0 Å². The van der Waals surface area contributed by atoms with E-state index in [1.54, 1.807) is 18.2 Å². The molecule has 0 radical (unpaired) electrons. The first-order chi connectivity index (χ1) is 15.1. The van der Waals surface area contributed by atoms with Crippen LogP contribution in [-0.2, 0) is 19.5 Å². The van der Waals surface area contributed by atoms with E-state index in [0.29, 0.717) is 40.3 Å². The van der Waals surface area contributed by atoms with Gasteiger partial charge in [0.05, 0.1) is 25.3 Å². The molecule has 5 rings (SSSR count). The molecule has 0 fully saturated rings. The third-order valence-electron chi connectivity index (χ3n) is 6.19. The third-order valence-corrected chi connectivity index (χ3v) is 6.19. The average Bonchev–Trinajstić information content (AvgIpc) is 2.81. The number of ether oxygens (including phenoxy) is 2. The summed E-state index contributed by atoms with van der Waals surface area (Å²) in [5.74, 6) is 0.421. The molecule has 1 heterocycles. The van der Waals surface area contributed by atoms with Crippen molar-refractivity contribution in [1.29, 1.82) is 0 Å². The van der Waals surface area contributed by atoms with Crippen LogP contribution < -0.4 is 9.47 Å². The monoisotopic (exact) mass is 413 g/mol. The van der Waals surface area contributed by atoms with Gasteiger partial charge in [0, 0.05) is 30.8 Å². The molecule has 0 atom stereocenters. The number of hydrogen-bond acceptors (Lipinski definition) is 5. The van der Waals surface area contributed by atoms with Gasteiger partial charge in [-0.3, -0.25) is 14.5 Å². The minimum Gasteiger partial charge on any atom is -0.496 e. The second-order valence-corrected chi connectivity index (χ2v) is 7.99. The highest BCUT2D eigenvalue weighted by Crippen LogP contribution is 2.38. The van der Waals surface area contributed by atoms with Crippen molar-refractivity contribution in [1.82, 2.24) is 4.90 Å². The number of hydrogen-bond donors (Lipinski definition) is 0. The Morgan fingerprint density at radius 3 is 2.32 bits per heavy atom. The SMILES string of the molecule is COc1cccc2c1C(=O)c1c(OC)cc(CN3CCc4ccccc4C3)cc1C2=O. The average molecular weight is 413 g/mol. The summed E-state index contributed by atoms with van der Waals surface area (Å²) >= 11 is 0. The molecule has 0 saturated carbocycles. The van der Waals surface area contributed by atoms with Gasteiger partial charge in [-0.2, -0.15) is 0 Å². The quantitative estimate of drug-likeness (QED) is 0.506. The topological polar surface area (TPSA) is 55.8 Å². The van der Waals surface area contributed by atoms with Crippen molar-refractivity contribution in [2.24, 2.45) is 0 Å². The Morgan fingerprint density at radius 1 is 0.806 bits per heavy atom. The van der Waals surface area contributed by atoms with Crippen molar-refractivity contribution in [2.45, 2.75) is 19.5 Å². The van der Waals surface area contributed by atoms with Crippen molar-refractivity contribution in [3.05, 3.63) is 93.5 Å². The van der Waals surface area contributed by atoms with E-state index in [1.807, 2.05) is 12.1 Å². The molecule has 0 N–H and O–H groups in total. The second kappa shape index (κ2) is 7.67. The highest BCUT2D eigenvalue weighted by molar-refractivity contribution is 6.30. The molecule has 1 aliphatic carbocycles. The fourth-order valence-corrected chi connectivity index (χ4v) is 4.68. The maximum atomic E-state index is 13.3. The summed E-state index contributed by atoms with van der Waals surface area (Å²) in [6.45, 7) is 2.50. The van der Waals surface area contributed by atoms with Crippen LogP contribution in [-0.4, -0.2) is 37.2 Å². The number of carbonyl (C=O) groups excluding carboxylic acids is 2. The number of fused-ring (bicyclic) bond motifs is 3. The number of methoxy groups -OCH3 is 2. The zero-order valence-electron chi connectivity index (χ0n) is 17.6. The minimum atomic E-state index is -0.239. The van der Waals surface area contributed by atoms with E-state index in [-0.39, 0.29) is 11.6 Å². The van der Waals surface area contributed by atoms with Gasteiger partial charge in [0.1, 0.15) is 11.5 Å². The van der Waals surface area contributed by atoms with Crippen LogP contribution in [0.4, 0.5) is 0 Å². The number of nitrogens with zero attached hydrogens (tertiary/aromatic N) is 1. The van der Waals surface area contributed by atoms with Crippen LogP contribution in [0.1, 0.15) is 48.5 Å². The van der Waals surface area contributed by atoms with Crippen LogP contribution in [0.5, 0.6) is 11.5 Å². The lowest BCUT2D eigenvalue weighted by Gasteiger charge is -2.29. The first-order valence-electron chi connectivity index (χ1n) is 10.4. The number of carbonyl (C=O) groups is 2. The predicted molar refractivity (Wildman–Crippen MR) is 117 cm³/mol. The van der Waals surface area contributed by atoms with Crippen molar-refractivity contribution in [2.75, 3.05) is 20.8 Å². The van der Waals surface area contributed by atoms with Crippen molar-refractivity contribution >= 4 is 11.6 Å². The van der Waals surface area contributed by atoms with Crippen LogP contribution >= 0.6 is 0 Å². The molecule has 5 heteroatoms. The molecule has 31 heavy (non-hydrogen) atoms. The second-order valence-electron chi connectivity index (χ2n) is 7.99. The Labute approximate surface area is 181 Å². The normalized spacial score (nSPS) is 15.2. The van der Waals surface area contributed by atoms with Gasteiger partial charge in [0.2, 0.25) is 5.78 Å². The zero-order chi connectivity index (χ0) is 21.5. The summed E-state index contributed by atoms with van der Waals surface area (Å²) in [5, 5.41) is 0. The smallest absolute Gasteiger partial charge is 0.201 e. The molecule has 0 spiro atoms. The fourth-order valence-electron chi connectivity index (χ4n) is 4.68. The Bertz CT molecular complexity index is 1210. The van der Waals surface area contributed by atoms with E-state index < -0.39 is 0 Å². The summed E-state index contributed by atoms with van der Waals surface area (Å²) in [5.41, 5.74) is 5.10. The van der Waals surface area contributed by atoms with Gasteiger partial charge in [-0.05, 0) is 41.3 Å². The largest absolute Gasteiger partial charge is 0.496 e. The molecule has 0 unspecified atom stereocenters. The highest BCUT2D eigenvalue weighted by atomic mass is 16.5. The summed E-state index contributed by atoms with van der Waals surface area (Å²) in [6, 6.07) is 17.3. The maximum absolute atomic E-state index is 13.3. The molecule has 5 nitrogen and oxygen atoms in total. The summed E-state index contributed by atoms with van der Waals surface area (Å²) in [7, 11) is 3.03. The molecule has 0 amide bonds. The van der Waals surface area contributed by atoms with E-state index in [9.17, 15) is 9.59 Å². The molecule has 2 aliphatic rings. The maximum Gasteiger partial charge on any atom is 0.201 e. The lowest BCUT2D eigenvalue weighted by Crippen LogP contribution is -2.30.